The Morgan fingerprint density at radius 3 is 2.71 bits per heavy atom. The van der Waals surface area contributed by atoms with E-state index in [4.69, 9.17) is 4.42 Å². The minimum atomic E-state index is -0.847. The van der Waals surface area contributed by atoms with Crippen molar-refractivity contribution in [2.45, 2.75) is 26.4 Å². The molecule has 1 atom stereocenters. The number of furan rings is 1. The van der Waals surface area contributed by atoms with Gasteiger partial charge in [0.05, 0.1) is 19.6 Å². The highest BCUT2D eigenvalue weighted by Gasteiger charge is 2.17. The summed E-state index contributed by atoms with van der Waals surface area (Å²) in [6, 6.07) is 1.73. The van der Waals surface area contributed by atoms with Crippen LogP contribution in [0.5, 0.6) is 0 Å². The van der Waals surface area contributed by atoms with Gasteiger partial charge in [0.2, 0.25) is 0 Å². The van der Waals surface area contributed by atoms with E-state index in [9.17, 15) is 9.90 Å². The lowest BCUT2D eigenvalue weighted by Crippen LogP contribution is -2.08. The Morgan fingerprint density at radius 2 is 2.29 bits per heavy atom. The maximum Gasteiger partial charge on any atom is 0.308 e. The van der Waals surface area contributed by atoms with Gasteiger partial charge in [-0.3, -0.25) is 4.79 Å². The van der Waals surface area contributed by atoms with Crippen LogP contribution < -0.4 is 0 Å². The van der Waals surface area contributed by atoms with Gasteiger partial charge >= 0.3 is 5.97 Å². The van der Waals surface area contributed by atoms with Crippen LogP contribution in [0.3, 0.4) is 0 Å². The van der Waals surface area contributed by atoms with Crippen LogP contribution >= 0.6 is 0 Å². The fraction of sp³-hybridized carbons (Fsp3) is 0.500. The number of rotatable bonds is 3. The number of methoxy groups -OCH3 is 1. The first-order valence-electron chi connectivity index (χ1n) is 4.36. The summed E-state index contributed by atoms with van der Waals surface area (Å²) in [7, 11) is 1.29. The van der Waals surface area contributed by atoms with Crippen molar-refractivity contribution >= 4 is 5.97 Å². The molecule has 1 aromatic heterocycles. The first-order valence-corrected chi connectivity index (χ1v) is 4.36. The fourth-order valence-corrected chi connectivity index (χ4v) is 1.33. The smallest absolute Gasteiger partial charge is 0.308 e. The van der Waals surface area contributed by atoms with Crippen LogP contribution in [0.1, 0.15) is 29.6 Å². The molecule has 0 fully saturated rings. The van der Waals surface area contributed by atoms with E-state index in [2.05, 4.69) is 4.74 Å². The van der Waals surface area contributed by atoms with Crippen molar-refractivity contribution in [3.8, 4) is 0 Å². The first kappa shape index (κ1) is 10.8. The highest BCUT2D eigenvalue weighted by atomic mass is 16.5. The predicted molar refractivity (Wildman–Crippen MR) is 49.8 cm³/mol. The molecule has 0 spiro atoms. The lowest BCUT2D eigenvalue weighted by Gasteiger charge is -2.07. The van der Waals surface area contributed by atoms with E-state index in [0.29, 0.717) is 11.3 Å². The van der Waals surface area contributed by atoms with Gasteiger partial charge < -0.3 is 14.3 Å². The number of aryl methyl sites for hydroxylation is 2. The summed E-state index contributed by atoms with van der Waals surface area (Å²) >= 11 is 0. The van der Waals surface area contributed by atoms with Gasteiger partial charge in [-0.25, -0.2) is 0 Å². The Hall–Kier alpha value is -1.29. The molecule has 4 nitrogen and oxygen atoms in total. The van der Waals surface area contributed by atoms with E-state index >= 15 is 0 Å². The van der Waals surface area contributed by atoms with Gasteiger partial charge in [0.15, 0.2) is 0 Å². The zero-order valence-corrected chi connectivity index (χ0v) is 8.53. The maximum atomic E-state index is 10.9. The van der Waals surface area contributed by atoms with Crippen LogP contribution in [-0.4, -0.2) is 18.2 Å². The van der Waals surface area contributed by atoms with Crippen molar-refractivity contribution in [1.29, 1.82) is 0 Å². The second-order valence-electron chi connectivity index (χ2n) is 3.16. The summed E-state index contributed by atoms with van der Waals surface area (Å²) in [4.78, 5) is 10.9. The standard InChI is InChI=1S/C10H14O4/c1-6-4-8(7(2)14-6)9(11)5-10(12)13-3/h4,9,11H,5H2,1-3H3. The second-order valence-corrected chi connectivity index (χ2v) is 3.16. The molecule has 14 heavy (non-hydrogen) atoms. The molecule has 0 aliphatic heterocycles. The molecule has 0 saturated carbocycles. The molecule has 0 radical (unpaired) electrons. The lowest BCUT2D eigenvalue weighted by atomic mass is 10.1. The topological polar surface area (TPSA) is 59.7 Å². The van der Waals surface area contributed by atoms with E-state index in [1.807, 2.05) is 0 Å². The summed E-state index contributed by atoms with van der Waals surface area (Å²) < 4.78 is 9.70. The Bertz CT molecular complexity index is 327. The molecule has 0 aromatic carbocycles. The third-order valence-corrected chi connectivity index (χ3v) is 2.03. The van der Waals surface area contributed by atoms with Crippen molar-refractivity contribution in [3.05, 3.63) is 23.2 Å². The molecule has 0 aliphatic rings. The summed E-state index contributed by atoms with van der Waals surface area (Å²) in [5.41, 5.74) is 0.646. The molecule has 0 saturated heterocycles. The van der Waals surface area contributed by atoms with Crippen molar-refractivity contribution in [3.63, 3.8) is 0 Å². The zero-order valence-electron chi connectivity index (χ0n) is 8.53. The van der Waals surface area contributed by atoms with Crippen LogP contribution in [0.25, 0.3) is 0 Å². The molecule has 1 N–H and O–H groups in total. The van der Waals surface area contributed by atoms with Gasteiger partial charge in [-0.15, -0.1) is 0 Å². The molecule has 1 aromatic rings. The number of esters is 1. The third-order valence-electron chi connectivity index (χ3n) is 2.03. The molecular formula is C10H14O4. The van der Waals surface area contributed by atoms with Gasteiger partial charge in [-0.1, -0.05) is 0 Å². The Morgan fingerprint density at radius 1 is 1.64 bits per heavy atom. The van der Waals surface area contributed by atoms with E-state index in [1.165, 1.54) is 7.11 Å². The maximum absolute atomic E-state index is 10.9. The van der Waals surface area contributed by atoms with E-state index in [-0.39, 0.29) is 6.42 Å². The second kappa shape index (κ2) is 4.28. The first-order chi connectivity index (χ1) is 6.54. The minimum Gasteiger partial charge on any atom is -0.469 e. The quantitative estimate of drug-likeness (QED) is 0.747. The number of carbonyl (C=O) groups excluding carboxylic acids is 1. The largest absolute Gasteiger partial charge is 0.469 e. The SMILES string of the molecule is COC(=O)CC(O)c1cc(C)oc1C. The van der Waals surface area contributed by atoms with Crippen LogP contribution in [0.15, 0.2) is 10.5 Å². The zero-order chi connectivity index (χ0) is 10.7. The van der Waals surface area contributed by atoms with Gasteiger partial charge in [0.1, 0.15) is 11.5 Å². The molecule has 1 heterocycles. The van der Waals surface area contributed by atoms with Crippen LogP contribution in [0.2, 0.25) is 0 Å². The van der Waals surface area contributed by atoms with Crippen molar-refractivity contribution in [2.24, 2.45) is 0 Å². The number of aliphatic hydroxyl groups excluding tert-OH is 1. The Kier molecular flexibility index (Phi) is 3.30. The number of carbonyl (C=O) groups is 1. The van der Waals surface area contributed by atoms with Crippen molar-refractivity contribution in [1.82, 2.24) is 0 Å². The molecule has 0 aliphatic carbocycles. The summed E-state index contributed by atoms with van der Waals surface area (Å²) in [5.74, 6) is 0.927. The summed E-state index contributed by atoms with van der Waals surface area (Å²) in [5, 5.41) is 9.66. The van der Waals surface area contributed by atoms with Crippen molar-refractivity contribution < 1.29 is 19.1 Å². The van der Waals surface area contributed by atoms with E-state index in [0.717, 1.165) is 5.76 Å². The number of ether oxygens (including phenoxy) is 1. The predicted octanol–water partition coefficient (Wildman–Crippen LogP) is 1.49. The van der Waals surface area contributed by atoms with Crippen LogP contribution in [0.4, 0.5) is 0 Å². The molecule has 1 unspecified atom stereocenters. The Balaban J connectivity index is 2.73. The molecule has 1 rings (SSSR count). The molecule has 0 bridgehead atoms. The average Bonchev–Trinajstić information content (AvgIpc) is 2.45. The summed E-state index contributed by atoms with van der Waals surface area (Å²) in [6.45, 7) is 3.55. The normalized spacial score (nSPS) is 12.6. The van der Waals surface area contributed by atoms with Crippen molar-refractivity contribution in [2.75, 3.05) is 7.11 Å². The highest BCUT2D eigenvalue weighted by molar-refractivity contribution is 5.70. The molecular weight excluding hydrogens is 184 g/mol. The van der Waals surface area contributed by atoms with Gasteiger partial charge in [-0.05, 0) is 19.9 Å². The third kappa shape index (κ3) is 2.35. The fourth-order valence-electron chi connectivity index (χ4n) is 1.33. The van der Waals surface area contributed by atoms with Crippen LogP contribution in [-0.2, 0) is 9.53 Å². The highest BCUT2D eigenvalue weighted by Crippen LogP contribution is 2.23. The monoisotopic (exact) mass is 198 g/mol. The lowest BCUT2D eigenvalue weighted by molar-refractivity contribution is -0.142. The molecule has 0 amide bonds. The van der Waals surface area contributed by atoms with Gasteiger partial charge in [0, 0.05) is 5.56 Å². The van der Waals surface area contributed by atoms with Crippen LogP contribution in [0, 0.1) is 13.8 Å². The number of hydrogen-bond acceptors (Lipinski definition) is 4. The molecule has 4 heteroatoms. The van der Waals surface area contributed by atoms with E-state index in [1.54, 1.807) is 19.9 Å². The number of aliphatic hydroxyl groups is 1. The van der Waals surface area contributed by atoms with Gasteiger partial charge in [0.25, 0.3) is 0 Å². The minimum absolute atomic E-state index is 0.0453. The van der Waals surface area contributed by atoms with E-state index < -0.39 is 12.1 Å². The Labute approximate surface area is 82.5 Å². The number of hydrogen-bond donors (Lipinski definition) is 1. The average molecular weight is 198 g/mol. The van der Waals surface area contributed by atoms with Gasteiger partial charge in [-0.2, -0.15) is 0 Å². The summed E-state index contributed by atoms with van der Waals surface area (Å²) in [6.07, 6.45) is -0.893. The molecule has 78 valence electrons.